The number of esters is 1. The summed E-state index contributed by atoms with van der Waals surface area (Å²) in [6.45, 7) is 0.635. The number of rotatable bonds is 5. The summed E-state index contributed by atoms with van der Waals surface area (Å²) in [5.74, 6) is -0.223. The van der Waals surface area contributed by atoms with Crippen LogP contribution in [0.25, 0.3) is 6.08 Å². The maximum Gasteiger partial charge on any atom is 0.309 e. The first kappa shape index (κ1) is 12.5. The van der Waals surface area contributed by atoms with Crippen molar-refractivity contribution in [3.8, 4) is 0 Å². The molecule has 0 amide bonds. The zero-order valence-electron chi connectivity index (χ0n) is 9.48. The van der Waals surface area contributed by atoms with Crippen LogP contribution in [0, 0.1) is 0 Å². The number of methoxy groups -OCH3 is 1. The predicted octanol–water partition coefficient (Wildman–Crippen LogP) is 1.76. The van der Waals surface area contributed by atoms with Crippen LogP contribution >= 0.6 is 0 Å². The number of hydrogen-bond donors (Lipinski definition) is 1. The van der Waals surface area contributed by atoms with Gasteiger partial charge in [-0.3, -0.25) is 4.79 Å². The predicted molar refractivity (Wildman–Crippen MR) is 64.9 cm³/mol. The summed E-state index contributed by atoms with van der Waals surface area (Å²) in [4.78, 5) is 11.2. The van der Waals surface area contributed by atoms with Crippen molar-refractivity contribution in [2.24, 2.45) is 5.73 Å². The number of ether oxygens (including phenoxy) is 1. The van der Waals surface area contributed by atoms with Crippen molar-refractivity contribution in [1.29, 1.82) is 0 Å². The van der Waals surface area contributed by atoms with E-state index in [2.05, 4.69) is 4.74 Å². The van der Waals surface area contributed by atoms with Gasteiger partial charge in [0.25, 0.3) is 0 Å². The van der Waals surface area contributed by atoms with E-state index in [1.807, 2.05) is 36.4 Å². The van der Waals surface area contributed by atoms with Gasteiger partial charge in [-0.15, -0.1) is 0 Å². The molecule has 1 rings (SSSR count). The van der Waals surface area contributed by atoms with Crippen LogP contribution in [0.3, 0.4) is 0 Å². The Balaban J connectivity index is 2.79. The van der Waals surface area contributed by atoms with E-state index < -0.39 is 0 Å². The second kappa shape index (κ2) is 6.80. The minimum Gasteiger partial charge on any atom is -0.469 e. The Labute approximate surface area is 95.9 Å². The van der Waals surface area contributed by atoms with Crippen LogP contribution in [0.4, 0.5) is 0 Å². The molecule has 3 heteroatoms. The average molecular weight is 219 g/mol. The molecule has 0 aliphatic rings. The van der Waals surface area contributed by atoms with Crippen LogP contribution in [0.2, 0.25) is 0 Å². The van der Waals surface area contributed by atoms with Gasteiger partial charge in [-0.05, 0) is 24.1 Å². The molecule has 86 valence electrons. The average Bonchev–Trinajstić information content (AvgIpc) is 2.31. The van der Waals surface area contributed by atoms with Crippen LogP contribution in [0.15, 0.2) is 30.3 Å². The van der Waals surface area contributed by atoms with Gasteiger partial charge in [-0.1, -0.05) is 36.4 Å². The van der Waals surface area contributed by atoms with Crippen molar-refractivity contribution < 1.29 is 9.53 Å². The summed E-state index contributed by atoms with van der Waals surface area (Å²) >= 11 is 0. The molecule has 16 heavy (non-hydrogen) atoms. The van der Waals surface area contributed by atoms with E-state index in [4.69, 9.17) is 5.73 Å². The molecule has 0 aromatic heterocycles. The number of carbonyl (C=O) groups is 1. The number of benzene rings is 1. The quantitative estimate of drug-likeness (QED) is 0.768. The van der Waals surface area contributed by atoms with E-state index in [-0.39, 0.29) is 5.97 Å². The third-order valence-corrected chi connectivity index (χ3v) is 2.25. The molecular weight excluding hydrogens is 202 g/mol. The van der Waals surface area contributed by atoms with E-state index >= 15 is 0 Å². The van der Waals surface area contributed by atoms with E-state index in [1.54, 1.807) is 0 Å². The van der Waals surface area contributed by atoms with Crippen LogP contribution in [0.1, 0.15) is 17.5 Å². The molecule has 0 bridgehead atoms. The van der Waals surface area contributed by atoms with Gasteiger partial charge >= 0.3 is 5.97 Å². The lowest BCUT2D eigenvalue weighted by atomic mass is 10.0. The van der Waals surface area contributed by atoms with Gasteiger partial charge in [0.15, 0.2) is 0 Å². The zero-order valence-corrected chi connectivity index (χ0v) is 9.48. The molecule has 0 saturated heterocycles. The van der Waals surface area contributed by atoms with Gasteiger partial charge < -0.3 is 10.5 Å². The maximum absolute atomic E-state index is 11.2. The summed E-state index contributed by atoms with van der Waals surface area (Å²) in [7, 11) is 1.40. The van der Waals surface area contributed by atoms with Crippen LogP contribution in [-0.4, -0.2) is 19.6 Å². The van der Waals surface area contributed by atoms with Crippen molar-refractivity contribution in [3.05, 3.63) is 41.5 Å². The molecule has 0 unspecified atom stereocenters. The van der Waals surface area contributed by atoms with Gasteiger partial charge in [0, 0.05) is 0 Å². The summed E-state index contributed by atoms with van der Waals surface area (Å²) in [6, 6.07) is 7.77. The fourth-order valence-corrected chi connectivity index (χ4v) is 1.39. The second-order valence-electron chi connectivity index (χ2n) is 3.43. The monoisotopic (exact) mass is 219 g/mol. The third-order valence-electron chi connectivity index (χ3n) is 2.25. The lowest BCUT2D eigenvalue weighted by molar-refractivity contribution is -0.139. The molecule has 0 saturated carbocycles. The van der Waals surface area contributed by atoms with Gasteiger partial charge in [-0.2, -0.15) is 0 Å². The van der Waals surface area contributed by atoms with Gasteiger partial charge in [0.2, 0.25) is 0 Å². The topological polar surface area (TPSA) is 52.3 Å². The largest absolute Gasteiger partial charge is 0.469 e. The highest BCUT2D eigenvalue weighted by Crippen LogP contribution is 2.12. The second-order valence-corrected chi connectivity index (χ2v) is 3.43. The molecule has 2 N–H and O–H groups in total. The molecule has 0 aliphatic carbocycles. The van der Waals surface area contributed by atoms with Crippen molar-refractivity contribution in [2.75, 3.05) is 13.7 Å². The van der Waals surface area contributed by atoms with Gasteiger partial charge in [0.1, 0.15) is 0 Å². The van der Waals surface area contributed by atoms with Crippen LogP contribution < -0.4 is 5.73 Å². The summed E-state index contributed by atoms with van der Waals surface area (Å²) in [5.41, 5.74) is 7.43. The lowest BCUT2D eigenvalue weighted by Crippen LogP contribution is -2.05. The first-order valence-electron chi connectivity index (χ1n) is 5.29. The fourth-order valence-electron chi connectivity index (χ4n) is 1.39. The first-order valence-corrected chi connectivity index (χ1v) is 5.29. The maximum atomic E-state index is 11.2. The van der Waals surface area contributed by atoms with Crippen molar-refractivity contribution >= 4 is 12.0 Å². The number of nitrogens with two attached hydrogens (primary N) is 1. The summed E-state index contributed by atoms with van der Waals surface area (Å²) in [6.07, 6.45) is 5.15. The summed E-state index contributed by atoms with van der Waals surface area (Å²) < 4.78 is 4.65. The van der Waals surface area contributed by atoms with E-state index in [1.165, 1.54) is 7.11 Å². The van der Waals surface area contributed by atoms with Crippen molar-refractivity contribution in [2.45, 2.75) is 12.8 Å². The Morgan fingerprint density at radius 3 is 2.88 bits per heavy atom. The Hall–Kier alpha value is -1.61. The van der Waals surface area contributed by atoms with Crippen LogP contribution in [-0.2, 0) is 16.0 Å². The minimum absolute atomic E-state index is 0.223. The van der Waals surface area contributed by atoms with E-state index in [0.29, 0.717) is 13.0 Å². The van der Waals surface area contributed by atoms with E-state index in [0.717, 1.165) is 17.5 Å². The zero-order chi connectivity index (χ0) is 11.8. The molecule has 0 fully saturated rings. The van der Waals surface area contributed by atoms with Gasteiger partial charge in [0.05, 0.1) is 13.5 Å². The Morgan fingerprint density at radius 1 is 1.44 bits per heavy atom. The molecule has 1 aromatic carbocycles. The Morgan fingerprint density at radius 2 is 2.19 bits per heavy atom. The van der Waals surface area contributed by atoms with Crippen LogP contribution in [0.5, 0.6) is 0 Å². The molecular formula is C13H17NO2. The molecule has 1 aromatic rings. The molecule has 0 atom stereocenters. The SMILES string of the molecule is COC(=O)Cc1ccccc1C=CCCN. The molecule has 0 aliphatic heterocycles. The molecule has 3 nitrogen and oxygen atoms in total. The Bertz CT molecular complexity index is 372. The van der Waals surface area contributed by atoms with E-state index in [9.17, 15) is 4.79 Å². The minimum atomic E-state index is -0.223. The highest BCUT2D eigenvalue weighted by molar-refractivity contribution is 5.74. The van der Waals surface area contributed by atoms with Crippen molar-refractivity contribution in [1.82, 2.24) is 0 Å². The van der Waals surface area contributed by atoms with Crippen molar-refractivity contribution in [3.63, 3.8) is 0 Å². The standard InChI is InChI=1S/C13H17NO2/c1-16-13(15)10-12-8-3-2-6-11(12)7-4-5-9-14/h2-4,6-8H,5,9-10,14H2,1H3. The lowest BCUT2D eigenvalue weighted by Gasteiger charge is -2.04. The number of hydrogen-bond acceptors (Lipinski definition) is 3. The molecule has 0 heterocycles. The van der Waals surface area contributed by atoms with Gasteiger partial charge in [-0.25, -0.2) is 0 Å². The third kappa shape index (κ3) is 3.87. The fraction of sp³-hybridized carbons (Fsp3) is 0.308. The summed E-state index contributed by atoms with van der Waals surface area (Å²) in [5, 5.41) is 0. The highest BCUT2D eigenvalue weighted by Gasteiger charge is 2.05. The normalized spacial score (nSPS) is 10.6. The molecule has 0 radical (unpaired) electrons. The molecule has 0 spiro atoms. The smallest absolute Gasteiger partial charge is 0.309 e. The number of carbonyl (C=O) groups excluding carboxylic acids is 1. The first-order chi connectivity index (χ1) is 7.77. The highest BCUT2D eigenvalue weighted by atomic mass is 16.5. The Kier molecular flexibility index (Phi) is 5.29.